The maximum absolute atomic E-state index is 9.85. The largest absolute Gasteiger partial charge is 0.508 e. The molecule has 2 nitrogen and oxygen atoms in total. The van der Waals surface area contributed by atoms with E-state index in [2.05, 4.69) is 0 Å². The minimum Gasteiger partial charge on any atom is -0.161 e. The standard InChI is InChI=1S/C3H7O2P.ClH/c1-3(2)6(4)5;/h3H,1-2H3;1H/p+1. The molecule has 0 aliphatic carbocycles. The van der Waals surface area contributed by atoms with Gasteiger partial charge in [0.1, 0.15) is 0 Å². The van der Waals surface area contributed by atoms with E-state index in [-0.39, 0.29) is 18.1 Å². The van der Waals surface area contributed by atoms with E-state index in [1.807, 2.05) is 0 Å². The van der Waals surface area contributed by atoms with E-state index in [9.17, 15) is 4.57 Å². The summed E-state index contributed by atoms with van der Waals surface area (Å²) in [6, 6.07) is 0. The highest BCUT2D eigenvalue weighted by molar-refractivity contribution is 7.38. The summed E-state index contributed by atoms with van der Waals surface area (Å²) in [5.74, 6) is 0. The average Bonchev–Trinajstić information content (AvgIpc) is 1.36. The Morgan fingerprint density at radius 3 is 1.71 bits per heavy atom. The molecule has 44 valence electrons. The van der Waals surface area contributed by atoms with Crippen molar-refractivity contribution in [3.8, 4) is 0 Å². The summed E-state index contributed by atoms with van der Waals surface area (Å²) in [6.07, 6.45) is 0. The Balaban J connectivity index is 0. The van der Waals surface area contributed by atoms with Crippen molar-refractivity contribution in [2.45, 2.75) is 19.5 Å². The molecule has 7 heavy (non-hydrogen) atoms. The Bertz CT molecular complexity index is 64.0. The van der Waals surface area contributed by atoms with Gasteiger partial charge in [0.2, 0.25) is 0 Å². The number of hydrogen-bond donors (Lipinski definition) is 1. The summed E-state index contributed by atoms with van der Waals surface area (Å²) >= 11 is 0. The summed E-state index contributed by atoms with van der Waals surface area (Å²) in [7, 11) is -1.91. The predicted molar refractivity (Wildman–Crippen MR) is 32.2 cm³/mol. The van der Waals surface area contributed by atoms with E-state index < -0.39 is 8.03 Å². The molecule has 0 aromatic rings. The Kier molecular flexibility index (Phi) is 6.67. The number of rotatable bonds is 1. The third-order valence-corrected chi connectivity index (χ3v) is 1.33. The van der Waals surface area contributed by atoms with Gasteiger partial charge in [-0.25, -0.2) is 0 Å². The van der Waals surface area contributed by atoms with Crippen molar-refractivity contribution in [2.24, 2.45) is 0 Å². The fraction of sp³-hybridized carbons (Fsp3) is 1.00. The second-order valence-electron chi connectivity index (χ2n) is 1.40. The third kappa shape index (κ3) is 6.35. The highest BCUT2D eigenvalue weighted by Gasteiger charge is 2.14. The van der Waals surface area contributed by atoms with Crippen molar-refractivity contribution in [2.75, 3.05) is 0 Å². The van der Waals surface area contributed by atoms with Crippen LogP contribution >= 0.6 is 20.4 Å². The Hall–Kier alpha value is 0.350. The molecule has 0 rings (SSSR count). The smallest absolute Gasteiger partial charge is 0.161 e. The Morgan fingerprint density at radius 1 is 1.57 bits per heavy atom. The normalized spacial score (nSPS) is 10.6. The van der Waals surface area contributed by atoms with Crippen LogP contribution in [0.3, 0.4) is 0 Å². The van der Waals surface area contributed by atoms with E-state index >= 15 is 0 Å². The van der Waals surface area contributed by atoms with E-state index in [0.29, 0.717) is 0 Å². The highest BCUT2D eigenvalue weighted by Crippen LogP contribution is 2.19. The third-order valence-electron chi connectivity index (χ3n) is 0.442. The zero-order valence-electron chi connectivity index (χ0n) is 4.29. The van der Waals surface area contributed by atoms with Crippen LogP contribution < -0.4 is 0 Å². The van der Waals surface area contributed by atoms with Crippen molar-refractivity contribution in [1.29, 1.82) is 0 Å². The molecule has 0 fully saturated rings. The number of hydrogen-bond acceptors (Lipinski definition) is 1. The van der Waals surface area contributed by atoms with Gasteiger partial charge >= 0.3 is 8.03 Å². The molecule has 0 saturated carbocycles. The average molecular weight is 144 g/mol. The van der Waals surface area contributed by atoms with Crippen LogP contribution in [0, 0.1) is 0 Å². The fourth-order valence-corrected chi connectivity index (χ4v) is 0. The maximum atomic E-state index is 9.85. The lowest BCUT2D eigenvalue weighted by molar-refractivity contribution is 0.495. The van der Waals surface area contributed by atoms with Crippen LogP contribution in [0.2, 0.25) is 0 Å². The van der Waals surface area contributed by atoms with Crippen molar-refractivity contribution >= 4 is 20.4 Å². The van der Waals surface area contributed by atoms with Gasteiger partial charge in [0.25, 0.3) is 0 Å². The van der Waals surface area contributed by atoms with E-state index in [0.717, 1.165) is 0 Å². The summed E-state index contributed by atoms with van der Waals surface area (Å²) in [5.41, 5.74) is -0.0833. The number of halogens is 1. The van der Waals surface area contributed by atoms with Crippen LogP contribution in [0.1, 0.15) is 13.8 Å². The van der Waals surface area contributed by atoms with Gasteiger partial charge in [0, 0.05) is 0 Å². The maximum Gasteiger partial charge on any atom is 0.508 e. The Labute approximate surface area is 50.2 Å². The SMILES string of the molecule is CC(C)[P+](=O)O.Cl. The van der Waals surface area contributed by atoms with Crippen molar-refractivity contribution in [3.05, 3.63) is 0 Å². The van der Waals surface area contributed by atoms with Crippen molar-refractivity contribution < 1.29 is 9.46 Å². The van der Waals surface area contributed by atoms with Gasteiger partial charge < -0.3 is 0 Å². The first-order valence-corrected chi connectivity index (χ1v) is 3.08. The van der Waals surface area contributed by atoms with Gasteiger partial charge in [-0.3, -0.25) is 0 Å². The molecule has 1 unspecified atom stereocenters. The molecule has 0 saturated heterocycles. The molecular weight excluding hydrogens is 134 g/mol. The summed E-state index contributed by atoms with van der Waals surface area (Å²) in [6.45, 7) is 3.41. The van der Waals surface area contributed by atoms with Crippen molar-refractivity contribution in [3.63, 3.8) is 0 Å². The molecule has 1 N–H and O–H groups in total. The van der Waals surface area contributed by atoms with Crippen LogP contribution in [-0.2, 0) is 4.57 Å². The summed E-state index contributed by atoms with van der Waals surface area (Å²) < 4.78 is 9.85. The summed E-state index contributed by atoms with van der Waals surface area (Å²) in [5, 5.41) is 0. The van der Waals surface area contributed by atoms with Gasteiger partial charge in [-0.05, 0) is 18.4 Å². The molecule has 0 radical (unpaired) electrons. The van der Waals surface area contributed by atoms with Gasteiger partial charge in [0.05, 0.1) is 0 Å². The fourth-order valence-electron chi connectivity index (χ4n) is 0. The van der Waals surface area contributed by atoms with Crippen molar-refractivity contribution in [1.82, 2.24) is 0 Å². The lowest BCUT2D eigenvalue weighted by Gasteiger charge is -1.74. The monoisotopic (exact) mass is 143 g/mol. The van der Waals surface area contributed by atoms with E-state index in [1.54, 1.807) is 13.8 Å². The molecular formula is C3H9ClO2P+. The van der Waals surface area contributed by atoms with Crippen LogP contribution in [0.4, 0.5) is 0 Å². The minimum absolute atomic E-state index is 0. The topological polar surface area (TPSA) is 37.3 Å². The van der Waals surface area contributed by atoms with Crippen LogP contribution in [0.15, 0.2) is 0 Å². The van der Waals surface area contributed by atoms with Gasteiger partial charge in [-0.1, -0.05) is 0 Å². The molecule has 0 aliphatic heterocycles. The molecule has 1 atom stereocenters. The highest BCUT2D eigenvalue weighted by atomic mass is 35.5. The van der Waals surface area contributed by atoms with E-state index in [4.69, 9.17) is 4.89 Å². The molecule has 0 spiro atoms. The first kappa shape index (κ1) is 10.4. The van der Waals surface area contributed by atoms with Crippen LogP contribution in [0.25, 0.3) is 0 Å². The molecule has 0 heterocycles. The van der Waals surface area contributed by atoms with E-state index in [1.165, 1.54) is 0 Å². The summed E-state index contributed by atoms with van der Waals surface area (Å²) in [4.78, 5) is 8.14. The first-order valence-electron chi connectivity index (χ1n) is 1.80. The molecule has 0 bridgehead atoms. The minimum atomic E-state index is -1.91. The lowest BCUT2D eigenvalue weighted by Crippen LogP contribution is -1.81. The van der Waals surface area contributed by atoms with Gasteiger partial charge in [-0.15, -0.1) is 12.4 Å². The molecule has 0 aromatic heterocycles. The predicted octanol–water partition coefficient (Wildman–Crippen LogP) is 1.55. The second-order valence-corrected chi connectivity index (χ2v) is 3.03. The molecule has 0 aliphatic rings. The quantitative estimate of drug-likeness (QED) is 0.566. The van der Waals surface area contributed by atoms with Crippen LogP contribution in [-0.4, -0.2) is 10.6 Å². The first-order chi connectivity index (χ1) is 2.64. The van der Waals surface area contributed by atoms with Crippen LogP contribution in [0.5, 0.6) is 0 Å². The Morgan fingerprint density at radius 2 is 1.71 bits per heavy atom. The van der Waals surface area contributed by atoms with Gasteiger partial charge in [0.15, 0.2) is 5.66 Å². The molecule has 0 aromatic carbocycles. The molecule has 0 amide bonds. The zero-order chi connectivity index (χ0) is 5.15. The van der Waals surface area contributed by atoms with Gasteiger partial charge in [-0.2, -0.15) is 4.89 Å². The second kappa shape index (κ2) is 4.51. The lowest BCUT2D eigenvalue weighted by atomic mass is 10.6. The molecule has 4 heteroatoms. The zero-order valence-corrected chi connectivity index (χ0v) is 6.00.